The number of sulfone groups is 1. The van der Waals surface area contributed by atoms with E-state index in [1.807, 2.05) is 72.8 Å². The Morgan fingerprint density at radius 2 is 1.50 bits per heavy atom. The molecule has 1 aliphatic heterocycles. The van der Waals surface area contributed by atoms with E-state index in [1.165, 1.54) is 4.31 Å². The maximum absolute atomic E-state index is 14.2. The van der Waals surface area contributed by atoms with Crippen LogP contribution in [0.2, 0.25) is 0 Å². The Labute approximate surface area is 211 Å². The van der Waals surface area contributed by atoms with Gasteiger partial charge in [-0.1, -0.05) is 78.9 Å². The topological polar surface area (TPSA) is 96.4 Å². The van der Waals surface area contributed by atoms with Crippen molar-refractivity contribution in [3.05, 3.63) is 108 Å². The summed E-state index contributed by atoms with van der Waals surface area (Å²) in [5, 5.41) is 4.03. The van der Waals surface area contributed by atoms with Gasteiger partial charge >= 0.3 is 0 Å². The molecule has 0 unspecified atom stereocenters. The van der Waals surface area contributed by atoms with Crippen molar-refractivity contribution in [2.75, 3.05) is 11.5 Å². The average Bonchev–Trinajstić information content (AvgIpc) is 3.20. The first kappa shape index (κ1) is 24.6. The van der Waals surface area contributed by atoms with Crippen LogP contribution in [-0.2, 0) is 33.0 Å². The largest absolute Gasteiger partial charge is 0.307 e. The van der Waals surface area contributed by atoms with Gasteiger partial charge in [0.1, 0.15) is 4.90 Å². The zero-order valence-electron chi connectivity index (χ0n) is 19.6. The van der Waals surface area contributed by atoms with Crippen molar-refractivity contribution in [1.29, 1.82) is 0 Å². The van der Waals surface area contributed by atoms with E-state index >= 15 is 0 Å². The zero-order chi connectivity index (χ0) is 25.2. The highest BCUT2D eigenvalue weighted by Gasteiger charge is 2.45. The zero-order valence-corrected chi connectivity index (χ0v) is 21.2. The highest BCUT2D eigenvalue weighted by molar-refractivity contribution is 7.92. The normalized spacial score (nSPS) is 19.6. The van der Waals surface area contributed by atoms with Crippen LogP contribution in [0.5, 0.6) is 0 Å². The average molecular weight is 522 g/mol. The van der Waals surface area contributed by atoms with Crippen molar-refractivity contribution in [2.45, 2.75) is 30.1 Å². The molecule has 5 rings (SSSR count). The maximum Gasteiger partial charge on any atom is 0.245 e. The van der Waals surface area contributed by atoms with Crippen LogP contribution in [0.25, 0.3) is 10.9 Å². The van der Waals surface area contributed by atoms with E-state index in [1.54, 1.807) is 24.4 Å². The molecule has 1 aromatic heterocycles. The predicted molar refractivity (Wildman–Crippen MR) is 140 cm³/mol. The van der Waals surface area contributed by atoms with Crippen LogP contribution >= 0.6 is 0 Å². The molecular formula is C27H27N3O4S2. The summed E-state index contributed by atoms with van der Waals surface area (Å²) in [5.74, 6) is -0.372. The Bertz CT molecular complexity index is 1560. The second-order valence-electron chi connectivity index (χ2n) is 8.98. The minimum absolute atomic E-state index is 0.0517. The molecule has 0 aliphatic carbocycles. The number of pyridine rings is 1. The first-order chi connectivity index (χ1) is 17.3. The summed E-state index contributed by atoms with van der Waals surface area (Å²) in [5.41, 5.74) is 2.14. The van der Waals surface area contributed by atoms with E-state index in [2.05, 4.69) is 10.3 Å². The van der Waals surface area contributed by atoms with Crippen LogP contribution in [0.15, 0.2) is 102 Å². The molecule has 0 amide bonds. The second-order valence-corrected chi connectivity index (χ2v) is 13.0. The lowest BCUT2D eigenvalue weighted by atomic mass is 10.1. The van der Waals surface area contributed by atoms with Crippen molar-refractivity contribution in [1.82, 2.24) is 14.6 Å². The van der Waals surface area contributed by atoms with Crippen LogP contribution in [0.3, 0.4) is 0 Å². The number of nitrogens with zero attached hydrogens (tertiary/aromatic N) is 2. The number of nitrogens with one attached hydrogen (secondary N) is 1. The molecular weight excluding hydrogens is 494 g/mol. The quantitative estimate of drug-likeness (QED) is 0.382. The van der Waals surface area contributed by atoms with E-state index in [9.17, 15) is 16.8 Å². The molecule has 186 valence electrons. The smallest absolute Gasteiger partial charge is 0.245 e. The number of sulfonamides is 1. The Kier molecular flexibility index (Phi) is 6.90. The van der Waals surface area contributed by atoms with Crippen molar-refractivity contribution in [3.8, 4) is 0 Å². The fourth-order valence-corrected chi connectivity index (χ4v) is 8.57. The van der Waals surface area contributed by atoms with Crippen LogP contribution < -0.4 is 5.32 Å². The third-order valence-electron chi connectivity index (χ3n) is 6.47. The summed E-state index contributed by atoms with van der Waals surface area (Å²) in [6.45, 7) is 0.489. The minimum Gasteiger partial charge on any atom is -0.307 e. The van der Waals surface area contributed by atoms with Crippen molar-refractivity contribution in [2.24, 2.45) is 0 Å². The molecule has 1 saturated heterocycles. The molecule has 1 N–H and O–H groups in total. The van der Waals surface area contributed by atoms with E-state index in [-0.39, 0.29) is 22.9 Å². The first-order valence-corrected chi connectivity index (χ1v) is 15.0. The number of para-hydroxylation sites is 1. The molecule has 9 heteroatoms. The molecule has 4 aromatic rings. The lowest BCUT2D eigenvalue weighted by Gasteiger charge is -2.32. The summed E-state index contributed by atoms with van der Waals surface area (Å²) in [6.07, 6.45) is 1.56. The molecule has 0 radical (unpaired) electrons. The summed E-state index contributed by atoms with van der Waals surface area (Å²) in [4.78, 5) is 4.42. The standard InChI is InChI=1S/C27H27N3O4S2/c31-35(32)19-24(29-17-21-9-3-1-4-10-21)25(20-35)30(18-22-11-5-2-6-12-22)36(33,34)26-15-7-13-23-14-8-16-28-27(23)26/h1-16,24-25,29H,17-20H2/t24-,25+/m1/s1. The molecule has 2 atom stereocenters. The van der Waals surface area contributed by atoms with Crippen molar-refractivity contribution < 1.29 is 16.8 Å². The van der Waals surface area contributed by atoms with Gasteiger partial charge in [0.2, 0.25) is 10.0 Å². The molecule has 0 spiro atoms. The summed E-state index contributed by atoms with van der Waals surface area (Å²) in [6, 6.07) is 26.2. The van der Waals surface area contributed by atoms with Gasteiger partial charge in [-0.2, -0.15) is 4.31 Å². The van der Waals surface area contributed by atoms with Gasteiger partial charge < -0.3 is 5.32 Å². The monoisotopic (exact) mass is 521 g/mol. The molecule has 1 aliphatic rings. The van der Waals surface area contributed by atoms with Gasteiger partial charge in [0.05, 0.1) is 23.1 Å². The molecule has 7 nitrogen and oxygen atoms in total. The Morgan fingerprint density at radius 3 is 2.22 bits per heavy atom. The SMILES string of the molecule is O=S1(=O)C[C@@H](NCc2ccccc2)[C@@H](N(Cc2ccccc2)S(=O)(=O)c2cccc3cccnc23)C1. The van der Waals surface area contributed by atoms with Gasteiger partial charge in [-0.25, -0.2) is 16.8 Å². The van der Waals surface area contributed by atoms with Gasteiger partial charge in [0, 0.05) is 30.7 Å². The minimum atomic E-state index is -4.11. The van der Waals surface area contributed by atoms with Crippen molar-refractivity contribution in [3.63, 3.8) is 0 Å². The summed E-state index contributed by atoms with van der Waals surface area (Å²) >= 11 is 0. The molecule has 3 aromatic carbocycles. The Hall–Kier alpha value is -3.11. The van der Waals surface area contributed by atoms with E-state index < -0.39 is 31.9 Å². The van der Waals surface area contributed by atoms with Crippen LogP contribution in [0, 0.1) is 0 Å². The molecule has 0 bridgehead atoms. The fraction of sp³-hybridized carbons (Fsp3) is 0.222. The number of aromatic nitrogens is 1. The van der Waals surface area contributed by atoms with E-state index in [0.29, 0.717) is 17.4 Å². The molecule has 0 saturated carbocycles. The Morgan fingerprint density at radius 1 is 0.833 bits per heavy atom. The summed E-state index contributed by atoms with van der Waals surface area (Å²) in [7, 11) is -7.56. The lowest BCUT2D eigenvalue weighted by Crippen LogP contribution is -2.51. The van der Waals surface area contributed by atoms with Crippen LogP contribution in [0.4, 0.5) is 0 Å². The number of benzene rings is 3. The summed E-state index contributed by atoms with van der Waals surface area (Å²) < 4.78 is 55.5. The number of rotatable bonds is 8. The van der Waals surface area contributed by atoms with E-state index in [4.69, 9.17) is 0 Å². The van der Waals surface area contributed by atoms with Gasteiger partial charge in [-0.15, -0.1) is 0 Å². The number of fused-ring (bicyclic) bond motifs is 1. The highest BCUT2D eigenvalue weighted by Crippen LogP contribution is 2.30. The van der Waals surface area contributed by atoms with Crippen LogP contribution in [0.1, 0.15) is 11.1 Å². The fourth-order valence-electron chi connectivity index (χ4n) is 4.71. The molecule has 36 heavy (non-hydrogen) atoms. The number of hydrogen-bond donors (Lipinski definition) is 1. The van der Waals surface area contributed by atoms with Gasteiger partial charge in [0.15, 0.2) is 9.84 Å². The lowest BCUT2D eigenvalue weighted by molar-refractivity contribution is 0.287. The van der Waals surface area contributed by atoms with Crippen molar-refractivity contribution >= 4 is 30.8 Å². The predicted octanol–water partition coefficient (Wildman–Crippen LogP) is 3.38. The Balaban J connectivity index is 1.57. The maximum atomic E-state index is 14.2. The second kappa shape index (κ2) is 10.1. The third-order valence-corrected chi connectivity index (χ3v) is 10.1. The number of hydrogen-bond acceptors (Lipinski definition) is 6. The third kappa shape index (κ3) is 5.19. The first-order valence-electron chi connectivity index (χ1n) is 11.7. The van der Waals surface area contributed by atoms with Gasteiger partial charge in [0.25, 0.3) is 0 Å². The molecule has 2 heterocycles. The van der Waals surface area contributed by atoms with Gasteiger partial charge in [-0.05, 0) is 23.3 Å². The highest BCUT2D eigenvalue weighted by atomic mass is 32.2. The van der Waals surface area contributed by atoms with Gasteiger partial charge in [-0.3, -0.25) is 4.98 Å². The molecule has 1 fully saturated rings. The van der Waals surface area contributed by atoms with E-state index in [0.717, 1.165) is 11.1 Å². The van der Waals surface area contributed by atoms with Crippen LogP contribution in [-0.4, -0.2) is 49.7 Å².